The molecule has 7 nitrogen and oxygen atoms in total. The summed E-state index contributed by atoms with van der Waals surface area (Å²) in [6, 6.07) is 0. The first kappa shape index (κ1) is 10.9. The van der Waals surface area contributed by atoms with Gasteiger partial charge < -0.3 is 10.5 Å². The van der Waals surface area contributed by atoms with Gasteiger partial charge >= 0.3 is 5.69 Å². The molecule has 1 unspecified atom stereocenters. The van der Waals surface area contributed by atoms with Gasteiger partial charge in [-0.2, -0.15) is 0 Å². The Labute approximate surface area is 92.3 Å². The lowest BCUT2D eigenvalue weighted by molar-refractivity contribution is -0.384. The van der Waals surface area contributed by atoms with Gasteiger partial charge in [0.25, 0.3) is 0 Å². The lowest BCUT2D eigenvalue weighted by Gasteiger charge is -2.23. The minimum absolute atomic E-state index is 0.0447. The van der Waals surface area contributed by atoms with E-state index in [-0.39, 0.29) is 17.7 Å². The molecule has 7 heteroatoms. The second-order valence-corrected chi connectivity index (χ2v) is 3.84. The molecular weight excluding hydrogens is 212 g/mol. The van der Waals surface area contributed by atoms with Crippen molar-refractivity contribution < 1.29 is 9.66 Å². The van der Waals surface area contributed by atoms with Crippen LogP contribution >= 0.6 is 0 Å². The summed E-state index contributed by atoms with van der Waals surface area (Å²) >= 11 is 0. The molecular formula is C9H14N4O3. The van der Waals surface area contributed by atoms with Crippen LogP contribution in [0.1, 0.15) is 31.2 Å². The molecule has 0 saturated carbocycles. The zero-order chi connectivity index (χ0) is 11.7. The first-order valence-corrected chi connectivity index (χ1v) is 5.22. The quantitative estimate of drug-likeness (QED) is 0.607. The average Bonchev–Trinajstić information content (AvgIpc) is 2.55. The molecule has 16 heavy (non-hydrogen) atoms. The molecule has 1 aliphatic rings. The van der Waals surface area contributed by atoms with Crippen molar-refractivity contribution in [1.29, 1.82) is 0 Å². The van der Waals surface area contributed by atoms with E-state index >= 15 is 0 Å². The van der Waals surface area contributed by atoms with Crippen LogP contribution < -0.4 is 5.73 Å². The van der Waals surface area contributed by atoms with Gasteiger partial charge in [-0.15, -0.1) is 5.10 Å². The van der Waals surface area contributed by atoms with Crippen LogP contribution in [0.3, 0.4) is 0 Å². The number of anilines is 1. The second kappa shape index (κ2) is 4.09. The molecule has 1 atom stereocenters. The van der Waals surface area contributed by atoms with Crippen molar-refractivity contribution >= 4 is 11.5 Å². The van der Waals surface area contributed by atoms with Gasteiger partial charge in [0.1, 0.15) is 5.69 Å². The van der Waals surface area contributed by atoms with Crippen molar-refractivity contribution in [1.82, 2.24) is 9.78 Å². The largest absolute Gasteiger partial charge is 0.376 e. The Balaban J connectivity index is 2.34. The summed E-state index contributed by atoms with van der Waals surface area (Å²) < 4.78 is 7.04. The van der Waals surface area contributed by atoms with Crippen LogP contribution in [0, 0.1) is 17.0 Å². The van der Waals surface area contributed by atoms with Gasteiger partial charge in [0.05, 0.1) is 4.92 Å². The topological polar surface area (TPSA) is 96.2 Å². The zero-order valence-corrected chi connectivity index (χ0v) is 9.05. The van der Waals surface area contributed by atoms with Crippen molar-refractivity contribution in [3.63, 3.8) is 0 Å². The van der Waals surface area contributed by atoms with Gasteiger partial charge in [0.15, 0.2) is 6.23 Å². The summed E-state index contributed by atoms with van der Waals surface area (Å²) in [6.07, 6.45) is 2.66. The van der Waals surface area contributed by atoms with E-state index in [1.54, 1.807) is 6.92 Å². The van der Waals surface area contributed by atoms with Crippen molar-refractivity contribution in [3.05, 3.63) is 15.8 Å². The number of nitrogens with zero attached hydrogens (tertiary/aromatic N) is 3. The lowest BCUT2D eigenvalue weighted by Crippen LogP contribution is -2.20. The normalized spacial score (nSPS) is 20.9. The molecule has 2 N–H and O–H groups in total. The average molecular weight is 226 g/mol. The monoisotopic (exact) mass is 226 g/mol. The molecule has 1 saturated heterocycles. The third kappa shape index (κ3) is 1.73. The minimum atomic E-state index is -0.503. The van der Waals surface area contributed by atoms with E-state index in [9.17, 15) is 10.1 Å². The molecule has 0 radical (unpaired) electrons. The maximum atomic E-state index is 10.8. The first-order chi connectivity index (χ1) is 7.61. The summed E-state index contributed by atoms with van der Waals surface area (Å²) in [6.45, 7) is 2.30. The minimum Gasteiger partial charge on any atom is -0.376 e. The molecule has 0 aromatic carbocycles. The van der Waals surface area contributed by atoms with Gasteiger partial charge in [0.2, 0.25) is 5.82 Å². The number of nitrogen functional groups attached to an aromatic ring is 1. The molecule has 1 aliphatic heterocycles. The number of nitrogens with two attached hydrogens (primary N) is 1. The molecule has 0 amide bonds. The third-order valence-electron chi connectivity index (χ3n) is 2.76. The summed E-state index contributed by atoms with van der Waals surface area (Å²) in [4.78, 5) is 10.3. The third-order valence-corrected chi connectivity index (χ3v) is 2.76. The number of ether oxygens (including phenoxy) is 1. The molecule has 0 bridgehead atoms. The van der Waals surface area contributed by atoms with E-state index in [0.29, 0.717) is 12.3 Å². The maximum Gasteiger partial charge on any atom is 0.333 e. The Bertz CT molecular complexity index is 409. The standard InChI is InChI=1S/C9H14N4O3/c1-6-8(13(14)15)9(10)11-12(6)7-4-2-3-5-16-7/h7H,2-5H2,1H3,(H2,10,11). The van der Waals surface area contributed by atoms with E-state index in [1.807, 2.05) is 0 Å². The molecule has 0 spiro atoms. The van der Waals surface area contributed by atoms with Crippen molar-refractivity contribution in [2.24, 2.45) is 0 Å². The van der Waals surface area contributed by atoms with Crippen LogP contribution in [-0.4, -0.2) is 21.3 Å². The van der Waals surface area contributed by atoms with Crippen LogP contribution in [-0.2, 0) is 4.74 Å². The summed E-state index contributed by atoms with van der Waals surface area (Å²) in [5.41, 5.74) is 5.86. The highest BCUT2D eigenvalue weighted by atomic mass is 16.6. The van der Waals surface area contributed by atoms with E-state index in [0.717, 1.165) is 19.3 Å². The molecule has 2 rings (SSSR count). The van der Waals surface area contributed by atoms with Crippen LogP contribution in [0.4, 0.5) is 11.5 Å². The number of hydrogen-bond donors (Lipinski definition) is 1. The van der Waals surface area contributed by atoms with E-state index in [1.165, 1.54) is 4.68 Å². The Kier molecular flexibility index (Phi) is 2.78. The fourth-order valence-corrected chi connectivity index (χ4v) is 1.95. The highest BCUT2D eigenvalue weighted by Crippen LogP contribution is 2.30. The van der Waals surface area contributed by atoms with E-state index < -0.39 is 4.92 Å². The maximum absolute atomic E-state index is 10.8. The smallest absolute Gasteiger partial charge is 0.333 e. The van der Waals surface area contributed by atoms with Gasteiger partial charge in [-0.25, -0.2) is 4.68 Å². The van der Waals surface area contributed by atoms with Gasteiger partial charge in [-0.1, -0.05) is 0 Å². The Morgan fingerprint density at radius 2 is 2.38 bits per heavy atom. The SMILES string of the molecule is Cc1c([N+](=O)[O-])c(N)nn1C1CCCCO1. The van der Waals surface area contributed by atoms with Crippen molar-refractivity contribution in [2.75, 3.05) is 12.3 Å². The molecule has 0 aliphatic carbocycles. The van der Waals surface area contributed by atoms with E-state index in [4.69, 9.17) is 10.5 Å². The molecule has 1 aromatic heterocycles. The van der Waals surface area contributed by atoms with Crippen molar-refractivity contribution in [3.8, 4) is 0 Å². The predicted molar refractivity (Wildman–Crippen MR) is 56.9 cm³/mol. The van der Waals surface area contributed by atoms with Gasteiger partial charge in [-0.05, 0) is 26.2 Å². The van der Waals surface area contributed by atoms with Crippen LogP contribution in [0.15, 0.2) is 0 Å². The van der Waals surface area contributed by atoms with E-state index in [2.05, 4.69) is 5.10 Å². The van der Waals surface area contributed by atoms with Crippen molar-refractivity contribution in [2.45, 2.75) is 32.4 Å². The fraction of sp³-hybridized carbons (Fsp3) is 0.667. The summed E-state index contributed by atoms with van der Waals surface area (Å²) in [5.74, 6) is -0.0447. The van der Waals surface area contributed by atoms with Crippen LogP contribution in [0.25, 0.3) is 0 Å². The predicted octanol–water partition coefficient (Wildman–Crippen LogP) is 1.38. The number of aromatic nitrogens is 2. The first-order valence-electron chi connectivity index (χ1n) is 5.22. The second-order valence-electron chi connectivity index (χ2n) is 3.84. The van der Waals surface area contributed by atoms with Crippen LogP contribution in [0.5, 0.6) is 0 Å². The highest BCUT2D eigenvalue weighted by molar-refractivity contribution is 5.55. The summed E-state index contributed by atoms with van der Waals surface area (Å²) in [7, 11) is 0. The Hall–Kier alpha value is -1.63. The fourth-order valence-electron chi connectivity index (χ4n) is 1.95. The highest BCUT2D eigenvalue weighted by Gasteiger charge is 2.27. The van der Waals surface area contributed by atoms with Gasteiger partial charge in [-0.3, -0.25) is 10.1 Å². The Morgan fingerprint density at radius 1 is 1.62 bits per heavy atom. The lowest BCUT2D eigenvalue weighted by atomic mass is 10.2. The van der Waals surface area contributed by atoms with Crippen LogP contribution in [0.2, 0.25) is 0 Å². The molecule has 88 valence electrons. The zero-order valence-electron chi connectivity index (χ0n) is 9.05. The Morgan fingerprint density at radius 3 is 2.88 bits per heavy atom. The number of nitro groups is 1. The number of rotatable bonds is 2. The van der Waals surface area contributed by atoms with Gasteiger partial charge in [0, 0.05) is 6.61 Å². The number of hydrogen-bond acceptors (Lipinski definition) is 5. The molecule has 2 heterocycles. The summed E-state index contributed by atoms with van der Waals surface area (Å²) in [5, 5.41) is 14.8. The molecule has 1 aromatic rings. The molecule has 1 fully saturated rings.